The van der Waals surface area contributed by atoms with Crippen LogP contribution in [0.2, 0.25) is 0 Å². The highest BCUT2D eigenvalue weighted by Gasteiger charge is 2.19. The Morgan fingerprint density at radius 3 is 2.57 bits per heavy atom. The van der Waals surface area contributed by atoms with Gasteiger partial charge in [0.05, 0.1) is 23.8 Å². The summed E-state index contributed by atoms with van der Waals surface area (Å²) < 4.78 is 14.8. The number of nitrogens with zero attached hydrogens (tertiary/aromatic N) is 5. The number of hydrogen-bond acceptors (Lipinski definition) is 5. The Morgan fingerprint density at radius 2 is 1.90 bits per heavy atom. The van der Waals surface area contributed by atoms with Gasteiger partial charge in [0.15, 0.2) is 0 Å². The molecule has 0 aliphatic heterocycles. The van der Waals surface area contributed by atoms with Gasteiger partial charge < -0.3 is 4.90 Å². The highest BCUT2D eigenvalue weighted by Crippen LogP contribution is 2.25. The molecule has 6 nitrogen and oxygen atoms in total. The van der Waals surface area contributed by atoms with E-state index >= 15 is 0 Å². The molecule has 0 aliphatic carbocycles. The first-order valence-corrected chi connectivity index (χ1v) is 10.3. The summed E-state index contributed by atoms with van der Waals surface area (Å²) >= 11 is 1.45. The maximum Gasteiger partial charge on any atom is 0.228 e. The zero-order valence-corrected chi connectivity index (χ0v) is 17.4. The number of benzene rings is 2. The topological polar surface area (TPSA) is 63.9 Å². The van der Waals surface area contributed by atoms with Crippen LogP contribution in [0.5, 0.6) is 0 Å². The van der Waals surface area contributed by atoms with Crippen molar-refractivity contribution in [1.82, 2.24) is 24.6 Å². The van der Waals surface area contributed by atoms with E-state index in [1.807, 2.05) is 36.6 Å². The zero-order valence-electron chi connectivity index (χ0n) is 16.6. The van der Waals surface area contributed by atoms with Gasteiger partial charge in [-0.25, -0.2) is 19.0 Å². The van der Waals surface area contributed by atoms with Gasteiger partial charge in [0.1, 0.15) is 23.5 Å². The third kappa shape index (κ3) is 4.28. The number of amides is 1. The molecule has 2 heterocycles. The second-order valence-electron chi connectivity index (χ2n) is 6.94. The van der Waals surface area contributed by atoms with E-state index in [-0.39, 0.29) is 24.2 Å². The van der Waals surface area contributed by atoms with Gasteiger partial charge in [-0.2, -0.15) is 5.10 Å². The van der Waals surface area contributed by atoms with Gasteiger partial charge in [0.2, 0.25) is 5.91 Å². The fraction of sp³-hybridized carbons (Fsp3) is 0.182. The van der Waals surface area contributed by atoms with Crippen LogP contribution in [0.25, 0.3) is 16.3 Å². The van der Waals surface area contributed by atoms with E-state index in [1.165, 1.54) is 29.8 Å². The highest BCUT2D eigenvalue weighted by molar-refractivity contribution is 7.13. The fourth-order valence-corrected chi connectivity index (χ4v) is 3.91. The van der Waals surface area contributed by atoms with E-state index in [0.717, 1.165) is 21.8 Å². The molecule has 1 amide bonds. The number of rotatable bonds is 6. The molecule has 2 aromatic heterocycles. The van der Waals surface area contributed by atoms with E-state index in [4.69, 9.17) is 0 Å². The molecule has 8 heteroatoms. The molecule has 0 aliphatic rings. The van der Waals surface area contributed by atoms with Crippen molar-refractivity contribution < 1.29 is 9.18 Å². The molecule has 0 unspecified atom stereocenters. The average molecular weight is 422 g/mol. The van der Waals surface area contributed by atoms with Crippen LogP contribution in [0.3, 0.4) is 0 Å². The SMILES string of the molecule is C[C@H](c1ccc(-n2cncn2)cc1)N(C)C(=O)Cc1csc(-c2ccc(F)cc2)n1. The van der Waals surface area contributed by atoms with Crippen LogP contribution in [0.1, 0.15) is 24.2 Å². The van der Waals surface area contributed by atoms with Crippen molar-refractivity contribution in [2.75, 3.05) is 7.05 Å². The Bertz CT molecular complexity index is 1120. The summed E-state index contributed by atoms with van der Waals surface area (Å²) in [6, 6.07) is 14.0. The third-order valence-electron chi connectivity index (χ3n) is 5.01. The Balaban J connectivity index is 1.41. The Labute approximate surface area is 177 Å². The van der Waals surface area contributed by atoms with Crippen LogP contribution < -0.4 is 0 Å². The fourth-order valence-electron chi connectivity index (χ4n) is 3.08. The molecule has 0 spiro atoms. The first-order chi connectivity index (χ1) is 14.5. The van der Waals surface area contributed by atoms with Crippen molar-refractivity contribution in [2.24, 2.45) is 0 Å². The molecule has 1 atom stereocenters. The van der Waals surface area contributed by atoms with E-state index in [0.29, 0.717) is 5.69 Å². The summed E-state index contributed by atoms with van der Waals surface area (Å²) in [5, 5.41) is 6.77. The largest absolute Gasteiger partial charge is 0.339 e. The molecule has 4 aromatic rings. The Hall–Kier alpha value is -3.39. The van der Waals surface area contributed by atoms with E-state index in [9.17, 15) is 9.18 Å². The molecule has 0 saturated carbocycles. The summed E-state index contributed by atoms with van der Waals surface area (Å²) in [6.07, 6.45) is 3.35. The van der Waals surface area contributed by atoms with Gasteiger partial charge in [0.25, 0.3) is 0 Å². The van der Waals surface area contributed by atoms with E-state index < -0.39 is 0 Å². The lowest BCUT2D eigenvalue weighted by molar-refractivity contribution is -0.131. The number of hydrogen-bond donors (Lipinski definition) is 0. The highest BCUT2D eigenvalue weighted by atomic mass is 32.1. The van der Waals surface area contributed by atoms with Crippen molar-refractivity contribution in [2.45, 2.75) is 19.4 Å². The zero-order chi connectivity index (χ0) is 21.1. The van der Waals surface area contributed by atoms with Gasteiger partial charge in [0, 0.05) is 18.0 Å². The standard InChI is InChI=1S/C22H20FN5OS/c1-15(16-5-9-20(10-6-16)28-14-24-13-25-28)27(2)21(29)11-19-12-30-22(26-19)17-3-7-18(23)8-4-17/h3-10,12-15H,11H2,1-2H3/t15-/m1/s1. The lowest BCUT2D eigenvalue weighted by atomic mass is 10.1. The molecule has 30 heavy (non-hydrogen) atoms. The quantitative estimate of drug-likeness (QED) is 0.466. The van der Waals surface area contributed by atoms with Crippen molar-refractivity contribution in [1.29, 1.82) is 0 Å². The molecule has 0 fully saturated rings. The summed E-state index contributed by atoms with van der Waals surface area (Å²) in [7, 11) is 1.80. The van der Waals surface area contributed by atoms with Crippen LogP contribution in [0, 0.1) is 5.82 Å². The number of carbonyl (C=O) groups excluding carboxylic acids is 1. The second kappa shape index (κ2) is 8.54. The number of carbonyl (C=O) groups is 1. The summed E-state index contributed by atoms with van der Waals surface area (Å²) in [5.74, 6) is -0.297. The van der Waals surface area contributed by atoms with Gasteiger partial charge >= 0.3 is 0 Å². The van der Waals surface area contributed by atoms with Crippen molar-refractivity contribution in [3.8, 4) is 16.3 Å². The minimum Gasteiger partial charge on any atom is -0.339 e. The van der Waals surface area contributed by atoms with Gasteiger partial charge in [-0.15, -0.1) is 11.3 Å². The normalized spacial score (nSPS) is 12.0. The molecule has 0 saturated heterocycles. The molecule has 2 aromatic carbocycles. The van der Waals surface area contributed by atoms with E-state index in [2.05, 4.69) is 15.1 Å². The van der Waals surface area contributed by atoms with Crippen LogP contribution in [0.4, 0.5) is 4.39 Å². The molecule has 152 valence electrons. The van der Waals surface area contributed by atoms with Crippen molar-refractivity contribution in [3.05, 3.63) is 83.6 Å². The molecule has 4 rings (SSSR count). The monoisotopic (exact) mass is 421 g/mol. The lowest BCUT2D eigenvalue weighted by Gasteiger charge is -2.25. The van der Waals surface area contributed by atoms with Gasteiger partial charge in [-0.05, 0) is 48.9 Å². The van der Waals surface area contributed by atoms with Crippen LogP contribution >= 0.6 is 11.3 Å². The van der Waals surface area contributed by atoms with Gasteiger partial charge in [-0.3, -0.25) is 4.79 Å². The maximum atomic E-state index is 13.1. The van der Waals surface area contributed by atoms with E-state index in [1.54, 1.807) is 35.1 Å². The van der Waals surface area contributed by atoms with Crippen LogP contribution in [-0.4, -0.2) is 37.6 Å². The third-order valence-corrected chi connectivity index (χ3v) is 5.95. The summed E-state index contributed by atoms with van der Waals surface area (Å²) in [4.78, 5) is 23.0. The Kier molecular flexibility index (Phi) is 5.67. The minimum atomic E-state index is -0.282. The first kappa shape index (κ1) is 19.9. The predicted octanol–water partition coefficient (Wildman–Crippen LogP) is 4.29. The lowest BCUT2D eigenvalue weighted by Crippen LogP contribution is -2.31. The van der Waals surface area contributed by atoms with Gasteiger partial charge in [-0.1, -0.05) is 12.1 Å². The number of likely N-dealkylation sites (N-methyl/N-ethyl adjacent to an activating group) is 1. The molecular formula is C22H20FN5OS. The van der Waals surface area contributed by atoms with Crippen molar-refractivity contribution in [3.63, 3.8) is 0 Å². The minimum absolute atomic E-state index is 0.0150. The number of thiazole rings is 1. The number of halogens is 1. The maximum absolute atomic E-state index is 13.1. The molecule has 0 radical (unpaired) electrons. The number of aromatic nitrogens is 4. The second-order valence-corrected chi connectivity index (χ2v) is 7.80. The summed E-state index contributed by atoms with van der Waals surface area (Å²) in [5.41, 5.74) is 3.49. The molecule has 0 N–H and O–H groups in total. The first-order valence-electron chi connectivity index (χ1n) is 9.42. The summed E-state index contributed by atoms with van der Waals surface area (Å²) in [6.45, 7) is 1.99. The molecular weight excluding hydrogens is 401 g/mol. The van der Waals surface area contributed by atoms with Crippen molar-refractivity contribution >= 4 is 17.2 Å². The smallest absolute Gasteiger partial charge is 0.228 e. The van der Waals surface area contributed by atoms with Crippen LogP contribution in [-0.2, 0) is 11.2 Å². The predicted molar refractivity (Wildman–Crippen MR) is 114 cm³/mol. The average Bonchev–Trinajstić information content (AvgIpc) is 3.46. The Morgan fingerprint density at radius 1 is 1.17 bits per heavy atom. The van der Waals surface area contributed by atoms with Crippen LogP contribution in [0.15, 0.2) is 66.6 Å². The molecule has 0 bridgehead atoms.